The Morgan fingerprint density at radius 2 is 1.76 bits per heavy atom. The fraction of sp³-hybridized carbons (Fsp3) is 0.478. The maximum atomic E-state index is 13.9. The van der Waals surface area contributed by atoms with Crippen molar-refractivity contribution < 1.29 is 22.4 Å². The second-order valence-electron chi connectivity index (χ2n) is 8.63. The molecule has 2 aliphatic heterocycles. The van der Waals surface area contributed by atoms with Crippen LogP contribution >= 0.6 is 0 Å². The van der Waals surface area contributed by atoms with Crippen LogP contribution < -0.4 is 5.32 Å². The molecular formula is C23H29FN4O4S. The summed E-state index contributed by atoms with van der Waals surface area (Å²) in [5.74, 6) is -1.74. The summed E-state index contributed by atoms with van der Waals surface area (Å²) >= 11 is 0. The van der Waals surface area contributed by atoms with Crippen LogP contribution in [0.4, 0.5) is 10.1 Å². The highest BCUT2D eigenvalue weighted by Gasteiger charge is 2.34. The van der Waals surface area contributed by atoms with E-state index in [2.05, 4.69) is 10.3 Å². The number of H-pyrrole nitrogens is 1. The number of hydrogen-bond acceptors (Lipinski definition) is 4. The maximum Gasteiger partial charge on any atom is 0.270 e. The van der Waals surface area contributed by atoms with Crippen LogP contribution in [0.15, 0.2) is 41.4 Å². The number of aromatic amines is 1. The van der Waals surface area contributed by atoms with Crippen LogP contribution in [0.1, 0.15) is 49.0 Å². The third-order valence-corrected chi connectivity index (χ3v) is 8.15. The fourth-order valence-electron chi connectivity index (χ4n) is 4.41. The van der Waals surface area contributed by atoms with E-state index in [1.165, 1.54) is 34.8 Å². The Kier molecular flexibility index (Phi) is 7.14. The molecule has 2 N–H and O–H groups in total. The Morgan fingerprint density at radius 3 is 2.48 bits per heavy atom. The van der Waals surface area contributed by atoms with Gasteiger partial charge in [-0.3, -0.25) is 9.59 Å². The number of rotatable bonds is 5. The van der Waals surface area contributed by atoms with E-state index in [0.717, 1.165) is 25.7 Å². The van der Waals surface area contributed by atoms with E-state index in [-0.39, 0.29) is 35.3 Å². The molecule has 3 heterocycles. The average molecular weight is 477 g/mol. The van der Waals surface area contributed by atoms with Crippen molar-refractivity contribution in [1.82, 2.24) is 14.2 Å². The van der Waals surface area contributed by atoms with Gasteiger partial charge in [-0.05, 0) is 43.9 Å². The standard InChI is InChI=1S/C23H29FN4O4S/c24-19-9-3-4-10-20(19)26-22(29)17-8-7-13-28(16-17)33(31,32)18-14-21(25-15-18)23(30)27-11-5-1-2-6-12-27/h3-4,9-10,14-15,17,25H,1-2,5-8,11-13,16H2,(H,26,29). The molecule has 8 nitrogen and oxygen atoms in total. The summed E-state index contributed by atoms with van der Waals surface area (Å²) < 4.78 is 41.6. The lowest BCUT2D eigenvalue weighted by Gasteiger charge is -2.31. The number of anilines is 1. The number of nitrogens with one attached hydrogen (secondary N) is 2. The summed E-state index contributed by atoms with van der Waals surface area (Å²) in [6.07, 6.45) is 6.44. The van der Waals surface area contributed by atoms with E-state index in [1.54, 1.807) is 11.0 Å². The molecule has 33 heavy (non-hydrogen) atoms. The minimum atomic E-state index is -3.88. The van der Waals surface area contributed by atoms with Crippen LogP contribution in [0.5, 0.6) is 0 Å². The highest BCUT2D eigenvalue weighted by molar-refractivity contribution is 7.89. The molecule has 0 saturated carbocycles. The molecule has 1 atom stereocenters. The molecule has 0 aliphatic carbocycles. The Labute approximate surface area is 193 Å². The molecule has 2 aliphatic rings. The number of benzene rings is 1. The van der Waals surface area contributed by atoms with Gasteiger partial charge in [0, 0.05) is 32.4 Å². The molecule has 1 aromatic carbocycles. The smallest absolute Gasteiger partial charge is 0.270 e. The lowest BCUT2D eigenvalue weighted by molar-refractivity contribution is -0.120. The minimum absolute atomic E-state index is 0.00318. The van der Waals surface area contributed by atoms with Crippen LogP contribution in [0, 0.1) is 11.7 Å². The fourth-order valence-corrected chi connectivity index (χ4v) is 5.93. The second-order valence-corrected chi connectivity index (χ2v) is 10.6. The van der Waals surface area contributed by atoms with Gasteiger partial charge in [-0.25, -0.2) is 12.8 Å². The summed E-state index contributed by atoms with van der Waals surface area (Å²) in [6, 6.07) is 7.25. The predicted molar refractivity (Wildman–Crippen MR) is 122 cm³/mol. The zero-order valence-electron chi connectivity index (χ0n) is 18.4. The highest BCUT2D eigenvalue weighted by atomic mass is 32.2. The number of likely N-dealkylation sites (tertiary alicyclic amines) is 1. The van der Waals surface area contributed by atoms with Gasteiger partial charge in [0.15, 0.2) is 0 Å². The highest BCUT2D eigenvalue weighted by Crippen LogP contribution is 2.26. The van der Waals surface area contributed by atoms with E-state index >= 15 is 0 Å². The first-order valence-electron chi connectivity index (χ1n) is 11.4. The van der Waals surface area contributed by atoms with Crippen molar-refractivity contribution in [2.24, 2.45) is 5.92 Å². The van der Waals surface area contributed by atoms with E-state index in [4.69, 9.17) is 0 Å². The quantitative estimate of drug-likeness (QED) is 0.692. The molecule has 1 aromatic heterocycles. The number of hydrogen-bond donors (Lipinski definition) is 2. The van der Waals surface area contributed by atoms with Crippen molar-refractivity contribution in [2.75, 3.05) is 31.5 Å². The van der Waals surface area contributed by atoms with Gasteiger partial charge in [-0.15, -0.1) is 0 Å². The molecule has 178 valence electrons. The van der Waals surface area contributed by atoms with Gasteiger partial charge in [-0.1, -0.05) is 25.0 Å². The Bertz CT molecular complexity index is 1110. The number of para-hydroxylation sites is 1. The molecule has 10 heteroatoms. The van der Waals surface area contributed by atoms with E-state index in [0.29, 0.717) is 25.9 Å². The Hall–Kier alpha value is -2.72. The summed E-state index contributed by atoms with van der Waals surface area (Å²) in [7, 11) is -3.88. The summed E-state index contributed by atoms with van der Waals surface area (Å²) in [4.78, 5) is 30.1. The molecule has 2 amide bonds. The first-order chi connectivity index (χ1) is 15.9. The zero-order valence-corrected chi connectivity index (χ0v) is 19.2. The van der Waals surface area contributed by atoms with Gasteiger partial charge in [0.1, 0.15) is 16.4 Å². The lowest BCUT2D eigenvalue weighted by atomic mass is 9.98. The first-order valence-corrected chi connectivity index (χ1v) is 12.8. The number of piperidine rings is 1. The topological polar surface area (TPSA) is 103 Å². The molecule has 1 unspecified atom stereocenters. The van der Waals surface area contributed by atoms with Crippen molar-refractivity contribution in [1.29, 1.82) is 0 Å². The normalized spacial score (nSPS) is 20.3. The van der Waals surface area contributed by atoms with Gasteiger partial charge in [0.2, 0.25) is 15.9 Å². The van der Waals surface area contributed by atoms with Crippen LogP contribution in [0.2, 0.25) is 0 Å². The second kappa shape index (κ2) is 10.0. The summed E-state index contributed by atoms with van der Waals surface area (Å²) in [5, 5.41) is 2.56. The van der Waals surface area contributed by atoms with E-state index in [9.17, 15) is 22.4 Å². The average Bonchev–Trinajstić information content (AvgIpc) is 3.17. The number of nitrogens with zero attached hydrogens (tertiary/aromatic N) is 2. The van der Waals surface area contributed by atoms with Crippen molar-refractivity contribution in [3.05, 3.63) is 48.0 Å². The Morgan fingerprint density at radius 1 is 1.03 bits per heavy atom. The van der Waals surface area contributed by atoms with Crippen LogP contribution in [0.25, 0.3) is 0 Å². The maximum absolute atomic E-state index is 13.9. The van der Waals surface area contributed by atoms with Crippen molar-refractivity contribution in [2.45, 2.75) is 43.4 Å². The summed E-state index contributed by atoms with van der Waals surface area (Å²) in [5.41, 5.74) is 0.325. The molecule has 2 aromatic rings. The third kappa shape index (κ3) is 5.27. The molecule has 2 saturated heterocycles. The molecule has 0 spiro atoms. The monoisotopic (exact) mass is 476 g/mol. The zero-order chi connectivity index (χ0) is 23.4. The number of carbonyl (C=O) groups is 2. The van der Waals surface area contributed by atoms with Crippen molar-refractivity contribution in [3.8, 4) is 0 Å². The van der Waals surface area contributed by atoms with Gasteiger partial charge >= 0.3 is 0 Å². The third-order valence-electron chi connectivity index (χ3n) is 6.30. The SMILES string of the molecule is O=C(Nc1ccccc1F)C1CCCN(S(=O)(=O)c2c[nH]c(C(=O)N3CCCCCC3)c2)C1. The molecule has 0 bridgehead atoms. The van der Waals surface area contributed by atoms with Gasteiger partial charge < -0.3 is 15.2 Å². The van der Waals surface area contributed by atoms with Crippen LogP contribution in [0.3, 0.4) is 0 Å². The summed E-state index contributed by atoms with van der Waals surface area (Å²) in [6.45, 7) is 1.63. The molecule has 0 radical (unpaired) electrons. The van der Waals surface area contributed by atoms with Crippen molar-refractivity contribution >= 4 is 27.5 Å². The van der Waals surface area contributed by atoms with E-state index in [1.807, 2.05) is 0 Å². The molecular weight excluding hydrogens is 447 g/mol. The van der Waals surface area contributed by atoms with E-state index < -0.39 is 27.7 Å². The van der Waals surface area contributed by atoms with Gasteiger partial charge in [-0.2, -0.15) is 4.31 Å². The first kappa shape index (κ1) is 23.4. The van der Waals surface area contributed by atoms with Gasteiger partial charge in [0.05, 0.1) is 11.6 Å². The Balaban J connectivity index is 1.44. The van der Waals surface area contributed by atoms with Crippen molar-refractivity contribution in [3.63, 3.8) is 0 Å². The number of amides is 2. The van der Waals surface area contributed by atoms with Gasteiger partial charge in [0.25, 0.3) is 5.91 Å². The number of carbonyl (C=O) groups excluding carboxylic acids is 2. The largest absolute Gasteiger partial charge is 0.356 e. The predicted octanol–water partition coefficient (Wildman–Crippen LogP) is 3.21. The number of sulfonamides is 1. The lowest BCUT2D eigenvalue weighted by Crippen LogP contribution is -2.43. The number of halogens is 1. The molecule has 2 fully saturated rings. The molecule has 4 rings (SSSR count). The van der Waals surface area contributed by atoms with Crippen LogP contribution in [-0.2, 0) is 14.8 Å². The minimum Gasteiger partial charge on any atom is -0.356 e. The number of aromatic nitrogens is 1. The van der Waals surface area contributed by atoms with Crippen LogP contribution in [-0.4, -0.2) is 60.6 Å².